The molecule has 350 valence electrons. The van der Waals surface area contributed by atoms with Crippen LogP contribution < -0.4 is 4.89 Å². The van der Waals surface area contributed by atoms with Crippen molar-refractivity contribution in [2.45, 2.75) is 245 Å². The summed E-state index contributed by atoms with van der Waals surface area (Å²) >= 11 is 0. The lowest BCUT2D eigenvalue weighted by Crippen LogP contribution is -2.37. The van der Waals surface area contributed by atoms with Crippen LogP contribution >= 0.6 is 7.82 Å². The Morgan fingerprint density at radius 1 is 0.508 bits per heavy atom. The highest BCUT2D eigenvalue weighted by Gasteiger charge is 2.21. The van der Waals surface area contributed by atoms with Crippen LogP contribution in [0.1, 0.15) is 239 Å². The summed E-state index contributed by atoms with van der Waals surface area (Å²) in [7, 11) is 1.18. The molecule has 0 fully saturated rings. The van der Waals surface area contributed by atoms with Crippen molar-refractivity contribution in [3.63, 3.8) is 0 Å². The Hall–Kier alpha value is -1.25. The van der Waals surface area contributed by atoms with Gasteiger partial charge in [-0.3, -0.25) is 14.2 Å². The van der Waals surface area contributed by atoms with Gasteiger partial charge in [0.15, 0.2) is 6.10 Å². The largest absolute Gasteiger partial charge is 0.756 e. The number of phosphoric acid groups is 1. The Kier molecular flexibility index (Phi) is 41.2. The van der Waals surface area contributed by atoms with Crippen LogP contribution in [0.4, 0.5) is 0 Å². The van der Waals surface area contributed by atoms with Crippen LogP contribution in [-0.4, -0.2) is 70.0 Å². The topological polar surface area (TPSA) is 111 Å². The van der Waals surface area contributed by atoms with Crippen molar-refractivity contribution in [1.82, 2.24) is 0 Å². The minimum absolute atomic E-state index is 0.0280. The summed E-state index contributed by atoms with van der Waals surface area (Å²) in [5.41, 5.74) is 0. The second-order valence-electron chi connectivity index (χ2n) is 18.2. The molecule has 10 heteroatoms. The third-order valence-electron chi connectivity index (χ3n) is 11.0. The standard InChI is InChI=1S/C49H96NO8P/c1-6-8-10-12-14-16-18-20-22-24-25-26-28-29-31-33-35-37-39-41-48(51)55-45-47(46-57-59(53,54)56-44-43-50(3,4)5)58-49(52)42-40-38-36-34-32-30-27-23-21-19-17-15-13-11-9-7-2/h24-25,47H,6-23,26-46H2,1-5H3/b25-24-/t47-/m1/s1. The van der Waals surface area contributed by atoms with Crippen molar-refractivity contribution in [3.8, 4) is 0 Å². The van der Waals surface area contributed by atoms with E-state index in [4.69, 9.17) is 18.5 Å². The first kappa shape index (κ1) is 57.8. The first-order chi connectivity index (χ1) is 28.5. The van der Waals surface area contributed by atoms with Crippen LogP contribution in [0, 0.1) is 0 Å². The van der Waals surface area contributed by atoms with Gasteiger partial charge in [-0.2, -0.15) is 0 Å². The van der Waals surface area contributed by atoms with E-state index >= 15 is 0 Å². The lowest BCUT2D eigenvalue weighted by molar-refractivity contribution is -0.870. The summed E-state index contributed by atoms with van der Waals surface area (Å²) in [6.07, 6.45) is 45.2. The van der Waals surface area contributed by atoms with Gasteiger partial charge in [0.2, 0.25) is 0 Å². The number of hydrogen-bond acceptors (Lipinski definition) is 8. The number of phosphoric ester groups is 1. The van der Waals surface area contributed by atoms with E-state index in [1.54, 1.807) is 0 Å². The second-order valence-corrected chi connectivity index (χ2v) is 19.6. The molecular formula is C49H96NO8P. The molecule has 0 aromatic heterocycles. The number of likely N-dealkylation sites (N-methyl/N-ethyl adjacent to an activating group) is 1. The first-order valence-electron chi connectivity index (χ1n) is 24.9. The van der Waals surface area contributed by atoms with Gasteiger partial charge in [0, 0.05) is 12.8 Å². The Bertz CT molecular complexity index is 1020. The van der Waals surface area contributed by atoms with Gasteiger partial charge < -0.3 is 27.9 Å². The number of hydrogen-bond donors (Lipinski definition) is 0. The predicted molar refractivity (Wildman–Crippen MR) is 245 cm³/mol. The van der Waals surface area contributed by atoms with Crippen molar-refractivity contribution in [2.24, 2.45) is 0 Å². The smallest absolute Gasteiger partial charge is 0.306 e. The Labute approximate surface area is 365 Å². The molecule has 0 aliphatic carbocycles. The molecule has 0 rings (SSSR count). The fourth-order valence-electron chi connectivity index (χ4n) is 7.12. The number of carbonyl (C=O) groups excluding carboxylic acids is 2. The van der Waals surface area contributed by atoms with Crippen molar-refractivity contribution in [3.05, 3.63) is 12.2 Å². The normalized spacial score (nSPS) is 13.5. The monoisotopic (exact) mass is 858 g/mol. The van der Waals surface area contributed by atoms with Gasteiger partial charge >= 0.3 is 11.9 Å². The van der Waals surface area contributed by atoms with Crippen LogP contribution in [0.2, 0.25) is 0 Å². The molecule has 1 unspecified atom stereocenters. The van der Waals surface area contributed by atoms with Crippen LogP contribution in [0.25, 0.3) is 0 Å². The number of esters is 2. The van der Waals surface area contributed by atoms with E-state index in [2.05, 4.69) is 26.0 Å². The third-order valence-corrected chi connectivity index (χ3v) is 12.0. The van der Waals surface area contributed by atoms with E-state index in [0.29, 0.717) is 17.4 Å². The number of ether oxygens (including phenoxy) is 2. The molecule has 0 saturated heterocycles. The minimum Gasteiger partial charge on any atom is -0.756 e. The average Bonchev–Trinajstić information content (AvgIpc) is 3.19. The lowest BCUT2D eigenvalue weighted by atomic mass is 10.0. The molecule has 0 aliphatic heterocycles. The van der Waals surface area contributed by atoms with E-state index in [0.717, 1.165) is 38.5 Å². The van der Waals surface area contributed by atoms with E-state index < -0.39 is 26.5 Å². The maximum Gasteiger partial charge on any atom is 0.306 e. The highest BCUT2D eigenvalue weighted by atomic mass is 31.2. The van der Waals surface area contributed by atoms with E-state index in [1.807, 2.05) is 21.1 Å². The predicted octanol–water partition coefficient (Wildman–Crippen LogP) is 13.9. The van der Waals surface area contributed by atoms with Gasteiger partial charge in [0.05, 0.1) is 27.7 Å². The molecule has 0 aromatic rings. The summed E-state index contributed by atoms with van der Waals surface area (Å²) in [6.45, 7) is 4.27. The SMILES string of the molecule is CCCCCCCCCC/C=C\CCCCCCCCCC(=O)OC[C@H](COP(=O)([O-])OCC[N+](C)(C)C)OC(=O)CCCCCCCCCCCCCCCCCC. The van der Waals surface area contributed by atoms with Crippen molar-refractivity contribution < 1.29 is 42.1 Å². The van der Waals surface area contributed by atoms with Crippen LogP contribution in [0.3, 0.4) is 0 Å². The number of carbonyl (C=O) groups is 2. The first-order valence-corrected chi connectivity index (χ1v) is 26.4. The highest BCUT2D eigenvalue weighted by Crippen LogP contribution is 2.38. The molecule has 9 nitrogen and oxygen atoms in total. The summed E-state index contributed by atoms with van der Waals surface area (Å²) < 4.78 is 34.0. The molecule has 0 spiro atoms. The molecule has 0 N–H and O–H groups in total. The molecule has 0 aromatic carbocycles. The zero-order valence-corrected chi connectivity index (χ0v) is 40.4. The van der Waals surface area contributed by atoms with Crippen molar-refractivity contribution >= 4 is 19.8 Å². The number of nitrogens with zero attached hydrogens (tertiary/aromatic N) is 1. The zero-order valence-electron chi connectivity index (χ0n) is 39.5. The van der Waals surface area contributed by atoms with Crippen LogP contribution in [0.5, 0.6) is 0 Å². The molecule has 59 heavy (non-hydrogen) atoms. The van der Waals surface area contributed by atoms with Gasteiger partial charge in [0.25, 0.3) is 7.82 Å². The number of quaternary nitrogens is 1. The molecular weight excluding hydrogens is 762 g/mol. The molecule has 0 saturated carbocycles. The van der Waals surface area contributed by atoms with Gasteiger partial charge in [-0.1, -0.05) is 199 Å². The van der Waals surface area contributed by atoms with Crippen molar-refractivity contribution in [1.29, 1.82) is 0 Å². The van der Waals surface area contributed by atoms with E-state index in [-0.39, 0.29) is 32.0 Å². The fraction of sp³-hybridized carbons (Fsp3) is 0.918. The molecule has 0 amide bonds. The molecule has 0 bridgehead atoms. The van der Waals surface area contributed by atoms with Crippen LogP contribution in [0.15, 0.2) is 12.2 Å². The van der Waals surface area contributed by atoms with Gasteiger partial charge in [-0.15, -0.1) is 0 Å². The number of allylic oxidation sites excluding steroid dienone is 2. The molecule has 0 radical (unpaired) electrons. The fourth-order valence-corrected chi connectivity index (χ4v) is 7.85. The molecule has 0 aliphatic rings. The Morgan fingerprint density at radius 2 is 0.864 bits per heavy atom. The molecule has 2 atom stereocenters. The lowest BCUT2D eigenvalue weighted by Gasteiger charge is -2.28. The van der Waals surface area contributed by atoms with Crippen molar-refractivity contribution in [2.75, 3.05) is 47.5 Å². The second kappa shape index (κ2) is 42.1. The minimum atomic E-state index is -4.62. The van der Waals surface area contributed by atoms with Gasteiger partial charge in [0.1, 0.15) is 19.8 Å². The van der Waals surface area contributed by atoms with Gasteiger partial charge in [-0.25, -0.2) is 0 Å². The number of unbranched alkanes of at least 4 members (excludes halogenated alkanes) is 30. The molecule has 0 heterocycles. The van der Waals surface area contributed by atoms with Crippen LogP contribution in [-0.2, 0) is 32.7 Å². The summed E-state index contributed by atoms with van der Waals surface area (Å²) in [5.74, 6) is -0.825. The average molecular weight is 858 g/mol. The summed E-state index contributed by atoms with van der Waals surface area (Å²) in [4.78, 5) is 37.7. The quantitative estimate of drug-likeness (QED) is 0.0196. The maximum absolute atomic E-state index is 12.7. The maximum atomic E-state index is 12.7. The zero-order chi connectivity index (χ0) is 43.6. The third kappa shape index (κ3) is 46.1. The van der Waals surface area contributed by atoms with Gasteiger partial charge in [-0.05, 0) is 38.5 Å². The van der Waals surface area contributed by atoms with E-state index in [9.17, 15) is 19.0 Å². The summed E-state index contributed by atoms with van der Waals surface area (Å²) in [6, 6.07) is 0. The highest BCUT2D eigenvalue weighted by molar-refractivity contribution is 7.45. The van der Waals surface area contributed by atoms with E-state index in [1.165, 1.54) is 167 Å². The summed E-state index contributed by atoms with van der Waals surface area (Å²) in [5, 5.41) is 0. The number of rotatable bonds is 46. The Balaban J connectivity index is 4.25. The Morgan fingerprint density at radius 3 is 1.25 bits per heavy atom.